The first kappa shape index (κ1) is 13.9. The average Bonchev–Trinajstić information content (AvgIpc) is 2.34. The van der Waals surface area contributed by atoms with E-state index in [1.165, 1.54) is 17.9 Å². The van der Waals surface area contributed by atoms with E-state index in [4.69, 9.17) is 11.1 Å². The second-order valence-electron chi connectivity index (χ2n) is 3.94. The van der Waals surface area contributed by atoms with Crippen molar-refractivity contribution in [3.63, 3.8) is 0 Å². The third-order valence-electron chi connectivity index (χ3n) is 2.58. The van der Waals surface area contributed by atoms with E-state index in [2.05, 4.69) is 24.9 Å². The molecule has 3 N–H and O–H groups in total. The topological polar surface area (TPSA) is 53.1 Å². The van der Waals surface area contributed by atoms with Gasteiger partial charge in [-0.3, -0.25) is 5.41 Å². The summed E-state index contributed by atoms with van der Waals surface area (Å²) in [7, 11) is 2.08. The van der Waals surface area contributed by atoms with Crippen molar-refractivity contribution in [2.24, 2.45) is 5.73 Å². The number of nitrogens with two attached hydrogens (primary N) is 1. The Morgan fingerprint density at radius 3 is 2.88 bits per heavy atom. The van der Waals surface area contributed by atoms with Crippen LogP contribution in [-0.4, -0.2) is 30.9 Å². The maximum absolute atomic E-state index is 7.42. The van der Waals surface area contributed by atoms with Crippen LogP contribution in [0, 0.1) is 5.41 Å². The third kappa shape index (κ3) is 4.69. The summed E-state index contributed by atoms with van der Waals surface area (Å²) in [6.07, 6.45) is 1.18. The van der Waals surface area contributed by atoms with Gasteiger partial charge in [-0.15, -0.1) is 0 Å². The van der Waals surface area contributed by atoms with E-state index in [-0.39, 0.29) is 5.84 Å². The number of thioether (sulfide) groups is 1. The molecule has 94 valence electrons. The first-order valence-corrected chi connectivity index (χ1v) is 7.04. The van der Waals surface area contributed by atoms with Gasteiger partial charge < -0.3 is 10.6 Å². The highest BCUT2D eigenvalue weighted by molar-refractivity contribution is 7.99. The van der Waals surface area contributed by atoms with Gasteiger partial charge in [0.2, 0.25) is 0 Å². The van der Waals surface area contributed by atoms with Crippen molar-refractivity contribution < 1.29 is 0 Å². The number of anilines is 1. The van der Waals surface area contributed by atoms with Crippen LogP contribution in [0.4, 0.5) is 5.69 Å². The lowest BCUT2D eigenvalue weighted by Gasteiger charge is -2.19. The van der Waals surface area contributed by atoms with Gasteiger partial charge in [-0.25, -0.2) is 0 Å². The van der Waals surface area contributed by atoms with E-state index < -0.39 is 0 Å². The second kappa shape index (κ2) is 7.22. The molecule has 0 heterocycles. The highest BCUT2D eigenvalue weighted by Crippen LogP contribution is 2.15. The summed E-state index contributed by atoms with van der Waals surface area (Å²) in [4.78, 5) is 2.21. The van der Waals surface area contributed by atoms with Gasteiger partial charge in [0.05, 0.1) is 0 Å². The van der Waals surface area contributed by atoms with Crippen molar-refractivity contribution in [3.8, 4) is 0 Å². The monoisotopic (exact) mass is 251 g/mol. The normalized spacial score (nSPS) is 10.2. The van der Waals surface area contributed by atoms with Crippen LogP contribution in [0.5, 0.6) is 0 Å². The molecule has 0 saturated heterocycles. The predicted molar refractivity (Wildman–Crippen MR) is 78.3 cm³/mol. The van der Waals surface area contributed by atoms with Crippen LogP contribution in [-0.2, 0) is 0 Å². The fraction of sp³-hybridized carbons (Fsp3) is 0.462. The number of benzene rings is 1. The summed E-state index contributed by atoms with van der Waals surface area (Å²) in [6.45, 7) is 3.22. The second-order valence-corrected chi connectivity index (χ2v) is 5.33. The molecule has 0 radical (unpaired) electrons. The average molecular weight is 251 g/mol. The molecule has 3 nitrogen and oxygen atoms in total. The lowest BCUT2D eigenvalue weighted by Crippen LogP contribution is -2.20. The molecule has 0 atom stereocenters. The van der Waals surface area contributed by atoms with Gasteiger partial charge >= 0.3 is 0 Å². The van der Waals surface area contributed by atoms with Gasteiger partial charge in [0.15, 0.2) is 0 Å². The molecule has 0 bridgehead atoms. The molecule has 0 aliphatic carbocycles. The third-order valence-corrected chi connectivity index (χ3v) is 3.57. The van der Waals surface area contributed by atoms with Crippen LogP contribution in [0.1, 0.15) is 18.9 Å². The zero-order valence-electron chi connectivity index (χ0n) is 10.6. The Hall–Kier alpha value is -1.16. The Balaban J connectivity index is 2.53. The molecule has 17 heavy (non-hydrogen) atoms. The molecule has 0 aliphatic heterocycles. The molecular formula is C13H21N3S. The first-order valence-electron chi connectivity index (χ1n) is 5.88. The molecule has 0 unspecified atom stereocenters. The van der Waals surface area contributed by atoms with Crippen molar-refractivity contribution in [1.29, 1.82) is 5.41 Å². The van der Waals surface area contributed by atoms with Gasteiger partial charge in [0.1, 0.15) is 5.84 Å². The lowest BCUT2D eigenvalue weighted by molar-refractivity contribution is 0.859. The minimum Gasteiger partial charge on any atom is -0.384 e. The van der Waals surface area contributed by atoms with Crippen molar-refractivity contribution >= 4 is 23.3 Å². The summed E-state index contributed by atoms with van der Waals surface area (Å²) >= 11 is 1.97. The molecule has 0 aromatic heterocycles. The smallest absolute Gasteiger partial charge is 0.122 e. The first-order chi connectivity index (χ1) is 8.15. The molecule has 0 saturated carbocycles. The van der Waals surface area contributed by atoms with E-state index in [0.717, 1.165) is 17.8 Å². The Morgan fingerprint density at radius 1 is 1.47 bits per heavy atom. The van der Waals surface area contributed by atoms with Gasteiger partial charge in [-0.05, 0) is 30.1 Å². The summed E-state index contributed by atoms with van der Waals surface area (Å²) < 4.78 is 0. The van der Waals surface area contributed by atoms with Crippen LogP contribution in [0.15, 0.2) is 24.3 Å². The van der Waals surface area contributed by atoms with Crippen LogP contribution in [0.25, 0.3) is 0 Å². The minimum absolute atomic E-state index is 0.127. The van der Waals surface area contributed by atoms with E-state index >= 15 is 0 Å². The number of hydrogen-bond donors (Lipinski definition) is 2. The minimum atomic E-state index is 0.127. The highest BCUT2D eigenvalue weighted by Gasteiger charge is 2.03. The number of nitrogens with one attached hydrogen (secondary N) is 1. The molecular weight excluding hydrogens is 230 g/mol. The zero-order valence-corrected chi connectivity index (χ0v) is 11.4. The number of nitrogens with zero attached hydrogens (tertiary/aromatic N) is 1. The quantitative estimate of drug-likeness (QED) is 0.445. The van der Waals surface area contributed by atoms with Crippen LogP contribution in [0.2, 0.25) is 0 Å². The van der Waals surface area contributed by atoms with E-state index in [0.29, 0.717) is 0 Å². The lowest BCUT2D eigenvalue weighted by atomic mass is 10.1. The van der Waals surface area contributed by atoms with Gasteiger partial charge in [-0.2, -0.15) is 11.8 Å². The van der Waals surface area contributed by atoms with Crippen LogP contribution in [0.3, 0.4) is 0 Å². The zero-order chi connectivity index (χ0) is 12.7. The summed E-state index contributed by atoms with van der Waals surface area (Å²) in [5.74, 6) is 2.51. The maximum atomic E-state index is 7.42. The Labute approximate surface area is 108 Å². The largest absolute Gasteiger partial charge is 0.384 e. The fourth-order valence-electron chi connectivity index (χ4n) is 1.59. The van der Waals surface area contributed by atoms with Gasteiger partial charge in [-0.1, -0.05) is 19.1 Å². The van der Waals surface area contributed by atoms with Crippen LogP contribution >= 0.6 is 11.8 Å². The molecule has 1 aromatic carbocycles. The predicted octanol–water partition coefficient (Wildman–Crippen LogP) is 2.55. The van der Waals surface area contributed by atoms with Gasteiger partial charge in [0, 0.05) is 24.8 Å². The van der Waals surface area contributed by atoms with Gasteiger partial charge in [0.25, 0.3) is 0 Å². The van der Waals surface area contributed by atoms with E-state index in [1.54, 1.807) is 0 Å². The molecule has 0 amide bonds. The highest BCUT2D eigenvalue weighted by atomic mass is 32.2. The molecule has 0 spiro atoms. The number of rotatable bonds is 7. The Kier molecular flexibility index (Phi) is 5.91. The standard InChI is InChI=1S/C13H21N3S/c1-3-17-9-5-8-16(2)12-7-4-6-11(10-12)13(14)15/h4,6-7,10H,3,5,8-9H2,1-2H3,(H3,14,15). The number of nitrogen functional groups attached to an aromatic ring is 1. The molecule has 0 fully saturated rings. The van der Waals surface area contributed by atoms with Crippen molar-refractivity contribution in [2.75, 3.05) is 30.0 Å². The van der Waals surface area contributed by atoms with E-state index in [9.17, 15) is 0 Å². The van der Waals surface area contributed by atoms with Crippen molar-refractivity contribution in [1.82, 2.24) is 0 Å². The molecule has 4 heteroatoms. The molecule has 1 rings (SSSR count). The summed E-state index contributed by atoms with van der Waals surface area (Å²) in [6, 6.07) is 7.84. The van der Waals surface area contributed by atoms with E-state index in [1.807, 2.05) is 30.0 Å². The summed E-state index contributed by atoms with van der Waals surface area (Å²) in [5.41, 5.74) is 7.40. The van der Waals surface area contributed by atoms with Crippen molar-refractivity contribution in [3.05, 3.63) is 29.8 Å². The molecule has 0 aliphatic rings. The van der Waals surface area contributed by atoms with Crippen molar-refractivity contribution in [2.45, 2.75) is 13.3 Å². The number of hydrogen-bond acceptors (Lipinski definition) is 3. The SMILES string of the molecule is CCSCCCN(C)c1cccc(C(=N)N)c1. The Morgan fingerprint density at radius 2 is 2.24 bits per heavy atom. The number of amidine groups is 1. The fourth-order valence-corrected chi connectivity index (χ4v) is 2.21. The molecule has 1 aromatic rings. The maximum Gasteiger partial charge on any atom is 0.122 e. The Bertz CT molecular complexity index is 365. The summed E-state index contributed by atoms with van der Waals surface area (Å²) in [5, 5.41) is 7.42. The van der Waals surface area contributed by atoms with Crippen LogP contribution < -0.4 is 10.6 Å².